The Bertz CT molecular complexity index is 1110. The lowest BCUT2D eigenvalue weighted by Crippen LogP contribution is -2.67. The number of piperidine rings is 1. The number of aliphatic hydroxyl groups excluding tert-OH is 1. The SMILES string of the molecule is CCCCN1O[C@H]([C@H](O)C2CCCCC2)NOC12CCN(Cc1ccc(C(=O)NCc3ccc(OC)cc3)cc1)CC2. The maximum absolute atomic E-state index is 12.7. The number of benzene rings is 2. The second-order valence-corrected chi connectivity index (χ2v) is 12.0. The molecule has 0 bridgehead atoms. The summed E-state index contributed by atoms with van der Waals surface area (Å²) in [6.45, 7) is 5.99. The number of likely N-dealkylation sites (tertiary alicyclic amines) is 1. The zero-order valence-corrected chi connectivity index (χ0v) is 25.2. The molecule has 9 nitrogen and oxygen atoms in total. The number of nitrogens with one attached hydrogen (secondary N) is 2. The van der Waals surface area contributed by atoms with Gasteiger partial charge in [0.05, 0.1) is 7.11 Å². The van der Waals surface area contributed by atoms with E-state index in [0.717, 1.165) is 76.0 Å². The first-order chi connectivity index (χ1) is 20.5. The molecular weight excluding hydrogens is 532 g/mol. The van der Waals surface area contributed by atoms with Gasteiger partial charge < -0.3 is 15.2 Å². The lowest BCUT2D eigenvalue weighted by Gasteiger charge is -2.52. The predicted octanol–water partition coefficient (Wildman–Crippen LogP) is 4.75. The maximum Gasteiger partial charge on any atom is 0.251 e. The van der Waals surface area contributed by atoms with E-state index in [1.165, 1.54) is 24.8 Å². The van der Waals surface area contributed by atoms with Crippen LogP contribution in [0.2, 0.25) is 0 Å². The number of ether oxygens (including phenoxy) is 1. The Morgan fingerprint density at radius 2 is 1.76 bits per heavy atom. The standard InChI is InChI=1S/C33H48N4O5/c1-3-4-20-37-33(42-35-32(41-37)30(38)27-8-6-5-7-9-27)18-21-36(22-19-33)24-26-10-14-28(15-11-26)31(39)34-23-25-12-16-29(40-2)17-13-25/h10-17,27,30,32,35,38H,3-9,18-24H2,1-2H3,(H,34,39)/t30-,32-/m1/s1. The van der Waals surface area contributed by atoms with Crippen LogP contribution in [0.3, 0.4) is 0 Å². The van der Waals surface area contributed by atoms with Crippen molar-refractivity contribution in [1.82, 2.24) is 20.8 Å². The Balaban J connectivity index is 1.11. The minimum Gasteiger partial charge on any atom is -0.497 e. The summed E-state index contributed by atoms with van der Waals surface area (Å²) in [5.41, 5.74) is 5.44. The molecule has 9 heteroatoms. The smallest absolute Gasteiger partial charge is 0.251 e. The van der Waals surface area contributed by atoms with Gasteiger partial charge in [0.15, 0.2) is 12.0 Å². The number of methoxy groups -OCH3 is 1. The molecule has 3 fully saturated rings. The molecule has 0 aromatic heterocycles. The summed E-state index contributed by atoms with van der Waals surface area (Å²) in [6, 6.07) is 15.6. The zero-order valence-electron chi connectivity index (χ0n) is 25.2. The molecule has 0 unspecified atom stereocenters. The highest BCUT2D eigenvalue weighted by atomic mass is 16.8. The van der Waals surface area contributed by atoms with Crippen molar-refractivity contribution in [3.63, 3.8) is 0 Å². The van der Waals surface area contributed by atoms with Crippen molar-refractivity contribution in [3.05, 3.63) is 65.2 Å². The molecular formula is C33H48N4O5. The van der Waals surface area contributed by atoms with Gasteiger partial charge in [0.25, 0.3) is 5.91 Å². The fraction of sp³-hybridized carbons (Fsp3) is 0.606. The summed E-state index contributed by atoms with van der Waals surface area (Å²) in [7, 11) is 1.64. The van der Waals surface area contributed by atoms with Gasteiger partial charge in [0.2, 0.25) is 0 Å². The third-order valence-corrected chi connectivity index (χ3v) is 9.09. The second-order valence-electron chi connectivity index (χ2n) is 12.0. The molecule has 42 heavy (non-hydrogen) atoms. The Labute approximate surface area is 250 Å². The molecule has 1 saturated carbocycles. The Morgan fingerprint density at radius 1 is 1.07 bits per heavy atom. The number of hydroxylamine groups is 3. The molecule has 1 amide bonds. The van der Waals surface area contributed by atoms with Gasteiger partial charge in [-0.2, -0.15) is 10.5 Å². The van der Waals surface area contributed by atoms with E-state index in [9.17, 15) is 9.90 Å². The average molecular weight is 581 g/mol. The zero-order chi connectivity index (χ0) is 29.4. The van der Waals surface area contributed by atoms with Gasteiger partial charge in [0.1, 0.15) is 11.9 Å². The lowest BCUT2D eigenvalue weighted by molar-refractivity contribution is -0.431. The van der Waals surface area contributed by atoms with Crippen molar-refractivity contribution >= 4 is 5.91 Å². The summed E-state index contributed by atoms with van der Waals surface area (Å²) in [5, 5.41) is 16.1. The second kappa shape index (κ2) is 14.8. The number of aliphatic hydroxyl groups is 1. The van der Waals surface area contributed by atoms with Gasteiger partial charge in [-0.1, -0.05) is 56.9 Å². The van der Waals surface area contributed by atoms with E-state index in [0.29, 0.717) is 12.1 Å². The van der Waals surface area contributed by atoms with E-state index in [-0.39, 0.29) is 11.8 Å². The minimum atomic E-state index is -0.570. The summed E-state index contributed by atoms with van der Waals surface area (Å²) < 4.78 is 5.19. The van der Waals surface area contributed by atoms with Crippen molar-refractivity contribution in [2.24, 2.45) is 5.92 Å². The highest BCUT2D eigenvalue weighted by Gasteiger charge is 2.48. The van der Waals surface area contributed by atoms with E-state index in [2.05, 4.69) is 22.6 Å². The fourth-order valence-corrected chi connectivity index (χ4v) is 6.35. The molecule has 2 aromatic carbocycles. The van der Waals surface area contributed by atoms with Gasteiger partial charge in [-0.25, -0.2) is 0 Å². The predicted molar refractivity (Wildman–Crippen MR) is 161 cm³/mol. The van der Waals surface area contributed by atoms with Crippen molar-refractivity contribution in [2.75, 3.05) is 26.7 Å². The van der Waals surface area contributed by atoms with Crippen LogP contribution in [-0.4, -0.2) is 65.8 Å². The van der Waals surface area contributed by atoms with Gasteiger partial charge in [-0.3, -0.25) is 19.4 Å². The Hall–Kier alpha value is -2.53. The molecule has 3 N–H and O–H groups in total. The Morgan fingerprint density at radius 3 is 2.43 bits per heavy atom. The molecule has 1 spiro atoms. The normalized spacial score (nSPS) is 22.6. The number of carbonyl (C=O) groups is 1. The summed E-state index contributed by atoms with van der Waals surface area (Å²) in [5.74, 6) is 0.973. The number of nitrogens with zero attached hydrogens (tertiary/aromatic N) is 2. The third kappa shape index (κ3) is 7.70. The molecule has 2 saturated heterocycles. The highest BCUT2D eigenvalue weighted by molar-refractivity contribution is 5.94. The first-order valence-electron chi connectivity index (χ1n) is 15.8. The topological polar surface area (TPSA) is 95.5 Å². The van der Waals surface area contributed by atoms with Crippen LogP contribution in [0, 0.1) is 5.92 Å². The molecule has 5 rings (SSSR count). The molecule has 1 aliphatic carbocycles. The van der Waals surface area contributed by atoms with E-state index < -0.39 is 18.1 Å². The average Bonchev–Trinajstić information content (AvgIpc) is 3.05. The number of carbonyl (C=O) groups excluding carboxylic acids is 1. The quantitative estimate of drug-likeness (QED) is 0.351. The molecule has 3 aliphatic rings. The number of amides is 1. The molecule has 2 heterocycles. The summed E-state index contributed by atoms with van der Waals surface area (Å²) >= 11 is 0. The maximum atomic E-state index is 12.7. The van der Waals surface area contributed by atoms with Crippen molar-refractivity contribution in [1.29, 1.82) is 0 Å². The van der Waals surface area contributed by atoms with Gasteiger partial charge in [0, 0.05) is 51.1 Å². The first kappa shape index (κ1) is 30.9. The lowest BCUT2D eigenvalue weighted by atomic mass is 9.84. The minimum absolute atomic E-state index is 0.0849. The van der Waals surface area contributed by atoms with Crippen LogP contribution >= 0.6 is 0 Å². The number of hydrogen-bond donors (Lipinski definition) is 3. The number of hydrogen-bond acceptors (Lipinski definition) is 8. The van der Waals surface area contributed by atoms with Crippen LogP contribution in [0.1, 0.15) is 86.2 Å². The molecule has 2 aromatic rings. The van der Waals surface area contributed by atoms with Crippen LogP contribution in [0.25, 0.3) is 0 Å². The van der Waals surface area contributed by atoms with Crippen molar-refractivity contribution in [2.45, 2.75) is 95.9 Å². The van der Waals surface area contributed by atoms with E-state index in [1.807, 2.05) is 53.6 Å². The highest BCUT2D eigenvalue weighted by Crippen LogP contribution is 2.36. The van der Waals surface area contributed by atoms with E-state index in [1.54, 1.807) is 7.11 Å². The molecule has 0 radical (unpaired) electrons. The third-order valence-electron chi connectivity index (χ3n) is 9.09. The molecule has 2 atom stereocenters. The number of unbranched alkanes of at least 4 members (excludes halogenated alkanes) is 1. The van der Waals surface area contributed by atoms with Crippen LogP contribution < -0.4 is 15.5 Å². The first-order valence-corrected chi connectivity index (χ1v) is 15.8. The fourth-order valence-electron chi connectivity index (χ4n) is 6.35. The van der Waals surface area contributed by atoms with Crippen molar-refractivity contribution < 1.29 is 24.3 Å². The van der Waals surface area contributed by atoms with E-state index in [4.69, 9.17) is 14.4 Å². The monoisotopic (exact) mass is 580 g/mol. The summed E-state index contributed by atoms with van der Waals surface area (Å²) in [4.78, 5) is 27.9. The van der Waals surface area contributed by atoms with Crippen LogP contribution in [0.15, 0.2) is 48.5 Å². The van der Waals surface area contributed by atoms with Crippen LogP contribution in [0.4, 0.5) is 0 Å². The largest absolute Gasteiger partial charge is 0.497 e. The Kier molecular flexibility index (Phi) is 10.9. The van der Waals surface area contributed by atoms with Gasteiger partial charge in [-0.15, -0.1) is 0 Å². The molecule has 230 valence electrons. The van der Waals surface area contributed by atoms with Gasteiger partial charge >= 0.3 is 0 Å². The summed E-state index contributed by atoms with van der Waals surface area (Å²) in [6.07, 6.45) is 8.31. The molecule has 2 aliphatic heterocycles. The van der Waals surface area contributed by atoms with Gasteiger partial charge in [-0.05, 0) is 60.6 Å². The van der Waals surface area contributed by atoms with E-state index >= 15 is 0 Å². The van der Waals surface area contributed by atoms with Crippen molar-refractivity contribution in [3.8, 4) is 5.75 Å². The van der Waals surface area contributed by atoms with Crippen LogP contribution in [0.5, 0.6) is 5.75 Å². The van der Waals surface area contributed by atoms with Crippen LogP contribution in [-0.2, 0) is 22.8 Å². The number of rotatable bonds is 11.